The zero-order valence-electron chi connectivity index (χ0n) is 18.4. The second-order valence-corrected chi connectivity index (χ2v) is 8.87. The van der Waals surface area contributed by atoms with E-state index < -0.39 is 0 Å². The first-order chi connectivity index (χ1) is 16.0. The third-order valence-corrected chi connectivity index (χ3v) is 6.62. The Morgan fingerprint density at radius 3 is 2.45 bits per heavy atom. The van der Waals surface area contributed by atoms with Crippen molar-refractivity contribution in [3.8, 4) is 16.3 Å². The molecule has 0 aliphatic carbocycles. The Hall–Kier alpha value is -3.91. The van der Waals surface area contributed by atoms with E-state index in [2.05, 4.69) is 0 Å². The first-order valence-electron chi connectivity index (χ1n) is 10.6. The van der Waals surface area contributed by atoms with E-state index in [1.807, 2.05) is 83.0 Å². The minimum Gasteiger partial charge on any atom is -0.340 e. The molecule has 0 bridgehead atoms. The first kappa shape index (κ1) is 21.0. The molecule has 1 amide bonds. The van der Waals surface area contributed by atoms with Gasteiger partial charge in [-0.05, 0) is 35.7 Å². The number of aromatic nitrogens is 4. The van der Waals surface area contributed by atoms with E-state index in [0.717, 1.165) is 32.9 Å². The van der Waals surface area contributed by atoms with Crippen LogP contribution in [0.4, 0.5) is 0 Å². The molecule has 7 nitrogen and oxygen atoms in total. The first-order valence-corrected chi connectivity index (χ1v) is 11.5. The summed E-state index contributed by atoms with van der Waals surface area (Å²) in [4.78, 5) is 28.5. The average Bonchev–Trinajstić information content (AvgIpc) is 3.56. The molecule has 0 atom stereocenters. The van der Waals surface area contributed by atoms with Gasteiger partial charge in [0.1, 0.15) is 12.2 Å². The maximum Gasteiger partial charge on any atom is 0.329 e. The van der Waals surface area contributed by atoms with Crippen LogP contribution in [0.2, 0.25) is 0 Å². The van der Waals surface area contributed by atoms with E-state index in [-0.39, 0.29) is 18.1 Å². The van der Waals surface area contributed by atoms with E-state index in [1.54, 1.807) is 34.9 Å². The Bertz CT molecular complexity index is 1480. The number of para-hydroxylation sites is 3. The summed E-state index contributed by atoms with van der Waals surface area (Å²) in [7, 11) is 3.48. The van der Waals surface area contributed by atoms with Crippen LogP contribution < -0.4 is 5.69 Å². The quantitative estimate of drug-likeness (QED) is 0.388. The molecule has 0 fully saturated rings. The maximum absolute atomic E-state index is 13.1. The van der Waals surface area contributed by atoms with Gasteiger partial charge in [-0.1, -0.05) is 36.4 Å². The van der Waals surface area contributed by atoms with Gasteiger partial charge in [-0.3, -0.25) is 13.9 Å². The third-order valence-electron chi connectivity index (χ3n) is 5.74. The molecule has 0 aliphatic heterocycles. The molecule has 33 heavy (non-hydrogen) atoms. The number of carbonyl (C=O) groups excluding carboxylic acids is 1. The third kappa shape index (κ3) is 3.89. The van der Waals surface area contributed by atoms with E-state index in [0.29, 0.717) is 6.54 Å². The number of imidazole rings is 1. The van der Waals surface area contributed by atoms with Crippen LogP contribution in [0, 0.1) is 0 Å². The number of amides is 1. The maximum atomic E-state index is 13.1. The second kappa shape index (κ2) is 8.55. The molecule has 0 aliphatic rings. The number of thiophene rings is 1. The van der Waals surface area contributed by atoms with Gasteiger partial charge in [0.25, 0.3) is 0 Å². The van der Waals surface area contributed by atoms with Crippen LogP contribution in [0.1, 0.15) is 5.56 Å². The number of aryl methyl sites for hydroxylation is 1. The fraction of sp³-hybridized carbons (Fsp3) is 0.160. The SMILES string of the molecule is CN(Cc1cn(-c2ccccc2)nc1-c1cccs1)C(=O)Cn1c(=O)n(C)c2ccccc21. The zero-order chi connectivity index (χ0) is 22.9. The van der Waals surface area contributed by atoms with Gasteiger partial charge in [0.15, 0.2) is 0 Å². The van der Waals surface area contributed by atoms with E-state index in [1.165, 1.54) is 4.57 Å². The molecule has 5 aromatic rings. The van der Waals surface area contributed by atoms with Crippen molar-refractivity contribution < 1.29 is 4.79 Å². The molecule has 3 aromatic heterocycles. The number of hydrogen-bond acceptors (Lipinski definition) is 4. The molecule has 0 unspecified atom stereocenters. The minimum atomic E-state index is -0.200. The smallest absolute Gasteiger partial charge is 0.329 e. The number of fused-ring (bicyclic) bond motifs is 1. The van der Waals surface area contributed by atoms with Crippen LogP contribution >= 0.6 is 11.3 Å². The van der Waals surface area contributed by atoms with Crippen molar-refractivity contribution in [2.45, 2.75) is 13.1 Å². The summed E-state index contributed by atoms with van der Waals surface area (Å²) in [5, 5.41) is 6.82. The lowest BCUT2D eigenvalue weighted by molar-refractivity contribution is -0.131. The molecule has 5 rings (SSSR count). The predicted molar refractivity (Wildman–Crippen MR) is 131 cm³/mol. The van der Waals surface area contributed by atoms with Crippen LogP contribution in [0.5, 0.6) is 0 Å². The van der Waals surface area contributed by atoms with Gasteiger partial charge >= 0.3 is 5.69 Å². The monoisotopic (exact) mass is 457 g/mol. The topological polar surface area (TPSA) is 65.1 Å². The Kier molecular flexibility index (Phi) is 5.43. The summed E-state index contributed by atoms with van der Waals surface area (Å²) in [6.45, 7) is 0.371. The van der Waals surface area contributed by atoms with Crippen LogP contribution in [0.25, 0.3) is 27.3 Å². The molecule has 0 N–H and O–H groups in total. The number of carbonyl (C=O) groups is 1. The molecule has 2 aromatic carbocycles. The average molecular weight is 458 g/mol. The van der Waals surface area contributed by atoms with Gasteiger partial charge in [0.05, 0.1) is 21.6 Å². The van der Waals surface area contributed by atoms with Gasteiger partial charge in [0.2, 0.25) is 5.91 Å². The van der Waals surface area contributed by atoms with Crippen LogP contribution in [0.15, 0.2) is 83.1 Å². The minimum absolute atomic E-state index is 0.0160. The summed E-state index contributed by atoms with van der Waals surface area (Å²) in [6, 6.07) is 21.4. The predicted octanol–water partition coefficient (Wildman–Crippen LogP) is 3.91. The summed E-state index contributed by atoms with van der Waals surface area (Å²) >= 11 is 1.62. The van der Waals surface area contributed by atoms with Crippen molar-refractivity contribution in [1.29, 1.82) is 0 Å². The number of rotatable bonds is 6. The molecule has 166 valence electrons. The van der Waals surface area contributed by atoms with Gasteiger partial charge in [-0.25, -0.2) is 9.48 Å². The number of nitrogens with zero attached hydrogens (tertiary/aromatic N) is 5. The van der Waals surface area contributed by atoms with Gasteiger partial charge in [0, 0.05) is 32.4 Å². The highest BCUT2D eigenvalue weighted by Gasteiger charge is 2.19. The molecular weight excluding hydrogens is 434 g/mol. The summed E-state index contributed by atoms with van der Waals surface area (Å²) in [5.74, 6) is -0.141. The Labute approximate surface area is 194 Å². The lowest BCUT2D eigenvalue weighted by Crippen LogP contribution is -2.33. The number of hydrogen-bond donors (Lipinski definition) is 0. The largest absolute Gasteiger partial charge is 0.340 e. The van der Waals surface area contributed by atoms with Crippen molar-refractivity contribution in [2.24, 2.45) is 7.05 Å². The number of benzene rings is 2. The van der Waals surface area contributed by atoms with Gasteiger partial charge < -0.3 is 4.90 Å². The lowest BCUT2D eigenvalue weighted by Gasteiger charge is -2.17. The molecule has 8 heteroatoms. The van der Waals surface area contributed by atoms with E-state index >= 15 is 0 Å². The standard InChI is InChI=1S/C25H23N5O2S/c1-27(23(31)17-29-21-12-7-6-11-20(21)28(2)25(29)32)15-18-16-30(19-9-4-3-5-10-19)26-24(18)22-13-8-14-33-22/h3-14,16H,15,17H2,1-2H3. The fourth-order valence-electron chi connectivity index (χ4n) is 3.97. The van der Waals surface area contributed by atoms with Crippen molar-refractivity contribution in [3.63, 3.8) is 0 Å². The molecule has 0 radical (unpaired) electrons. The van der Waals surface area contributed by atoms with Crippen LogP contribution in [-0.2, 0) is 24.9 Å². The Balaban J connectivity index is 1.44. The molecule has 0 saturated carbocycles. The van der Waals surface area contributed by atoms with Crippen molar-refractivity contribution >= 4 is 28.3 Å². The fourth-order valence-corrected chi connectivity index (χ4v) is 4.72. The number of likely N-dealkylation sites (N-methyl/N-ethyl adjacent to an activating group) is 1. The van der Waals surface area contributed by atoms with Crippen molar-refractivity contribution in [3.05, 3.63) is 94.4 Å². The Morgan fingerprint density at radius 2 is 1.73 bits per heavy atom. The zero-order valence-corrected chi connectivity index (χ0v) is 19.2. The van der Waals surface area contributed by atoms with Crippen molar-refractivity contribution in [2.75, 3.05) is 7.05 Å². The van der Waals surface area contributed by atoms with Gasteiger partial charge in [-0.2, -0.15) is 5.10 Å². The van der Waals surface area contributed by atoms with E-state index in [4.69, 9.17) is 5.10 Å². The van der Waals surface area contributed by atoms with Gasteiger partial charge in [-0.15, -0.1) is 11.3 Å². The van der Waals surface area contributed by atoms with E-state index in [9.17, 15) is 9.59 Å². The summed E-state index contributed by atoms with van der Waals surface area (Å²) < 4.78 is 4.95. The van der Waals surface area contributed by atoms with Crippen molar-refractivity contribution in [1.82, 2.24) is 23.8 Å². The summed E-state index contributed by atoms with van der Waals surface area (Å²) in [6.07, 6.45) is 1.97. The molecular formula is C25H23N5O2S. The molecule has 0 saturated heterocycles. The normalized spacial score (nSPS) is 11.2. The van der Waals surface area contributed by atoms with Crippen LogP contribution in [0.3, 0.4) is 0 Å². The molecule has 3 heterocycles. The lowest BCUT2D eigenvalue weighted by atomic mass is 10.2. The second-order valence-electron chi connectivity index (χ2n) is 7.93. The van der Waals surface area contributed by atoms with Crippen LogP contribution in [-0.4, -0.2) is 36.8 Å². The highest BCUT2D eigenvalue weighted by Crippen LogP contribution is 2.28. The molecule has 0 spiro atoms. The Morgan fingerprint density at radius 1 is 1.00 bits per heavy atom. The highest BCUT2D eigenvalue weighted by atomic mass is 32.1. The highest BCUT2D eigenvalue weighted by molar-refractivity contribution is 7.13. The summed E-state index contributed by atoms with van der Waals surface area (Å²) in [5.41, 5.74) is 4.12.